The number of hydrogen-bond donors (Lipinski definition) is 1. The number of carbonyl (C=O) groups excluding carboxylic acids is 1. The molecule has 1 aliphatic carbocycles. The lowest BCUT2D eigenvalue weighted by atomic mass is 9.92. The number of aromatic nitrogens is 3. The van der Waals surface area contributed by atoms with E-state index in [1.165, 1.54) is 0 Å². The second-order valence-corrected chi connectivity index (χ2v) is 9.75. The van der Waals surface area contributed by atoms with Gasteiger partial charge in [0.15, 0.2) is 11.4 Å². The van der Waals surface area contributed by atoms with Crippen LogP contribution < -0.4 is 15.2 Å². The Morgan fingerprint density at radius 2 is 1.60 bits per heavy atom. The van der Waals surface area contributed by atoms with Gasteiger partial charge in [-0.3, -0.25) is 14.6 Å². The SMILES string of the molecule is COc1ccc(-c2c3c(nc4nc(N5CC(C)CC(C)C5)[nH]c(=O)c24)-c2ccccc2C3=O)cc1. The Bertz CT molecular complexity index is 1530. The lowest BCUT2D eigenvalue weighted by Crippen LogP contribution is -2.40. The summed E-state index contributed by atoms with van der Waals surface area (Å²) in [6.45, 7) is 6.10. The largest absolute Gasteiger partial charge is 0.497 e. The van der Waals surface area contributed by atoms with E-state index in [1.54, 1.807) is 13.2 Å². The highest BCUT2D eigenvalue weighted by Crippen LogP contribution is 2.43. The van der Waals surface area contributed by atoms with E-state index in [4.69, 9.17) is 14.7 Å². The van der Waals surface area contributed by atoms with Gasteiger partial charge >= 0.3 is 0 Å². The summed E-state index contributed by atoms with van der Waals surface area (Å²) >= 11 is 0. The molecule has 1 aliphatic heterocycles. The van der Waals surface area contributed by atoms with Crippen LogP contribution >= 0.6 is 0 Å². The van der Waals surface area contributed by atoms with Crippen molar-refractivity contribution < 1.29 is 9.53 Å². The second-order valence-electron chi connectivity index (χ2n) is 9.75. The lowest BCUT2D eigenvalue weighted by Gasteiger charge is -2.35. The van der Waals surface area contributed by atoms with Crippen LogP contribution in [-0.4, -0.2) is 40.9 Å². The van der Waals surface area contributed by atoms with Crippen LogP contribution in [-0.2, 0) is 0 Å². The number of fused-ring (bicyclic) bond motifs is 4. The molecule has 7 heteroatoms. The summed E-state index contributed by atoms with van der Waals surface area (Å²) < 4.78 is 5.32. The molecule has 2 aromatic carbocycles. The van der Waals surface area contributed by atoms with Crippen LogP contribution in [0.15, 0.2) is 53.3 Å². The van der Waals surface area contributed by atoms with Gasteiger partial charge in [-0.25, -0.2) is 4.98 Å². The molecule has 2 aromatic heterocycles. The Labute approximate surface area is 202 Å². The van der Waals surface area contributed by atoms with Gasteiger partial charge < -0.3 is 9.64 Å². The maximum Gasteiger partial charge on any atom is 0.262 e. The quantitative estimate of drug-likeness (QED) is 0.415. The predicted octanol–water partition coefficient (Wildman–Crippen LogP) is 4.69. The molecule has 176 valence electrons. The van der Waals surface area contributed by atoms with Crippen molar-refractivity contribution in [1.29, 1.82) is 0 Å². The minimum atomic E-state index is -0.291. The van der Waals surface area contributed by atoms with Gasteiger partial charge in [0.05, 0.1) is 23.8 Å². The molecular formula is C28H26N4O3. The van der Waals surface area contributed by atoms with Crippen LogP contribution in [0.1, 0.15) is 36.2 Å². The first-order valence-electron chi connectivity index (χ1n) is 12.0. The Hall–Kier alpha value is -4.00. The average molecular weight is 467 g/mol. The average Bonchev–Trinajstić information content (AvgIpc) is 3.14. The first kappa shape index (κ1) is 21.5. The molecule has 1 N–H and O–H groups in total. The van der Waals surface area contributed by atoms with E-state index < -0.39 is 0 Å². The highest BCUT2D eigenvalue weighted by molar-refractivity contribution is 6.26. The summed E-state index contributed by atoms with van der Waals surface area (Å²) in [6, 6.07) is 14.8. The Balaban J connectivity index is 1.64. The van der Waals surface area contributed by atoms with Crippen LogP contribution in [0, 0.1) is 11.8 Å². The molecule has 0 radical (unpaired) electrons. The highest BCUT2D eigenvalue weighted by Gasteiger charge is 2.34. The molecule has 0 saturated carbocycles. The minimum Gasteiger partial charge on any atom is -0.497 e. The van der Waals surface area contributed by atoms with E-state index in [0.717, 1.165) is 30.6 Å². The lowest BCUT2D eigenvalue weighted by molar-refractivity contribution is 0.104. The fourth-order valence-electron chi connectivity index (χ4n) is 5.63. The molecule has 7 nitrogen and oxygen atoms in total. The number of pyridine rings is 1. The van der Waals surface area contributed by atoms with E-state index in [0.29, 0.717) is 57.0 Å². The van der Waals surface area contributed by atoms with E-state index in [-0.39, 0.29) is 11.3 Å². The van der Waals surface area contributed by atoms with Crippen molar-refractivity contribution in [2.75, 3.05) is 25.1 Å². The number of piperidine rings is 1. The van der Waals surface area contributed by atoms with E-state index in [1.807, 2.05) is 42.5 Å². The summed E-state index contributed by atoms with van der Waals surface area (Å²) in [6.07, 6.45) is 1.15. The number of hydrogen-bond acceptors (Lipinski definition) is 6. The van der Waals surface area contributed by atoms with E-state index >= 15 is 0 Å². The molecule has 2 aliphatic rings. The van der Waals surface area contributed by atoms with E-state index in [9.17, 15) is 9.59 Å². The van der Waals surface area contributed by atoms with Gasteiger partial charge in [-0.2, -0.15) is 4.98 Å². The van der Waals surface area contributed by atoms with Crippen LogP contribution in [0.5, 0.6) is 5.75 Å². The van der Waals surface area contributed by atoms with E-state index in [2.05, 4.69) is 23.7 Å². The molecule has 1 fully saturated rings. The third kappa shape index (κ3) is 3.41. The van der Waals surface area contributed by atoms with Gasteiger partial charge in [-0.1, -0.05) is 50.2 Å². The van der Waals surface area contributed by atoms with Gasteiger partial charge in [-0.15, -0.1) is 0 Å². The number of nitrogens with one attached hydrogen (secondary N) is 1. The number of carbonyl (C=O) groups is 1. The smallest absolute Gasteiger partial charge is 0.262 e. The van der Waals surface area contributed by atoms with Crippen LogP contribution in [0.25, 0.3) is 33.4 Å². The van der Waals surface area contributed by atoms with Gasteiger partial charge in [-0.05, 0) is 36.0 Å². The van der Waals surface area contributed by atoms with Crippen molar-refractivity contribution in [2.24, 2.45) is 11.8 Å². The third-order valence-corrected chi connectivity index (χ3v) is 7.04. The Morgan fingerprint density at radius 1 is 0.914 bits per heavy atom. The molecule has 0 bridgehead atoms. The monoisotopic (exact) mass is 466 g/mol. The number of aromatic amines is 1. The topological polar surface area (TPSA) is 88.2 Å². The molecule has 2 unspecified atom stereocenters. The Morgan fingerprint density at radius 3 is 2.29 bits per heavy atom. The number of rotatable bonds is 3. The first-order chi connectivity index (χ1) is 16.9. The maximum absolute atomic E-state index is 13.6. The van der Waals surface area contributed by atoms with Crippen molar-refractivity contribution in [3.8, 4) is 28.1 Å². The number of methoxy groups -OCH3 is 1. The summed E-state index contributed by atoms with van der Waals surface area (Å²) in [5, 5.41) is 0.330. The zero-order chi connectivity index (χ0) is 24.3. The summed E-state index contributed by atoms with van der Waals surface area (Å²) in [4.78, 5) is 42.0. The molecule has 4 aromatic rings. The molecule has 0 amide bonds. The second kappa shape index (κ2) is 8.05. The molecular weight excluding hydrogens is 440 g/mol. The highest BCUT2D eigenvalue weighted by atomic mass is 16.5. The van der Waals surface area contributed by atoms with Crippen molar-refractivity contribution >= 4 is 22.8 Å². The maximum atomic E-state index is 13.6. The molecule has 3 heterocycles. The van der Waals surface area contributed by atoms with Gasteiger partial charge in [0.25, 0.3) is 5.56 Å². The number of ketones is 1. The zero-order valence-electron chi connectivity index (χ0n) is 20.0. The van der Waals surface area contributed by atoms with Crippen LogP contribution in [0.2, 0.25) is 0 Å². The predicted molar refractivity (Wildman–Crippen MR) is 136 cm³/mol. The fourth-order valence-corrected chi connectivity index (χ4v) is 5.63. The van der Waals surface area contributed by atoms with Crippen molar-refractivity contribution in [3.63, 3.8) is 0 Å². The number of ether oxygens (including phenoxy) is 1. The summed E-state index contributed by atoms with van der Waals surface area (Å²) in [5.74, 6) is 2.12. The number of nitrogens with zero attached hydrogens (tertiary/aromatic N) is 3. The van der Waals surface area contributed by atoms with Crippen molar-refractivity contribution in [2.45, 2.75) is 20.3 Å². The van der Waals surface area contributed by atoms with Gasteiger partial charge in [0, 0.05) is 29.8 Å². The first-order valence-corrected chi connectivity index (χ1v) is 12.0. The molecule has 1 saturated heterocycles. The standard InChI is InChI=1S/C28H26N4O3/c1-15-12-16(2)14-32(13-15)28-30-26-23(27(34)31-28)21(17-8-10-18(35-3)11-9-17)22-24(29-26)19-6-4-5-7-20(19)25(22)33/h4-11,15-16H,12-14H2,1-3H3,(H,29,30,31,34). The van der Waals surface area contributed by atoms with Crippen molar-refractivity contribution in [3.05, 3.63) is 70.0 Å². The van der Waals surface area contributed by atoms with Crippen molar-refractivity contribution in [1.82, 2.24) is 15.0 Å². The summed E-state index contributed by atoms with van der Waals surface area (Å²) in [5.41, 5.74) is 3.76. The molecule has 35 heavy (non-hydrogen) atoms. The molecule has 0 spiro atoms. The molecule has 2 atom stereocenters. The Kier molecular flexibility index (Phi) is 4.95. The van der Waals surface area contributed by atoms with Crippen LogP contribution in [0.4, 0.5) is 5.95 Å². The summed E-state index contributed by atoms with van der Waals surface area (Å²) in [7, 11) is 1.60. The fraction of sp³-hybridized carbons (Fsp3) is 0.286. The number of H-pyrrole nitrogens is 1. The zero-order valence-corrected chi connectivity index (χ0v) is 20.0. The number of anilines is 1. The molecule has 6 rings (SSSR count). The minimum absolute atomic E-state index is 0.127. The third-order valence-electron chi connectivity index (χ3n) is 7.04. The number of benzene rings is 2. The van der Waals surface area contributed by atoms with Gasteiger partial charge in [0.1, 0.15) is 5.75 Å². The van der Waals surface area contributed by atoms with Gasteiger partial charge in [0.2, 0.25) is 5.95 Å². The normalized spacial score (nSPS) is 19.1. The van der Waals surface area contributed by atoms with Crippen LogP contribution in [0.3, 0.4) is 0 Å².